The number of carbonyl (C=O) groups excluding carboxylic acids is 2. The van der Waals surface area contributed by atoms with Crippen molar-refractivity contribution in [3.63, 3.8) is 0 Å². The van der Waals surface area contributed by atoms with Gasteiger partial charge in [-0.3, -0.25) is 4.79 Å². The fraction of sp³-hybridized carbons (Fsp3) is 0.500. The largest absolute Gasteiger partial charge is 0.465 e. The van der Waals surface area contributed by atoms with Gasteiger partial charge in [0.05, 0.1) is 13.2 Å². The Balaban J connectivity index is 2.73. The van der Waals surface area contributed by atoms with Gasteiger partial charge in [-0.15, -0.1) is 0 Å². The van der Waals surface area contributed by atoms with Crippen LogP contribution in [0.25, 0.3) is 0 Å². The van der Waals surface area contributed by atoms with Crippen LogP contribution in [-0.2, 0) is 14.3 Å². The first-order valence-electron chi connectivity index (χ1n) is 4.93. The van der Waals surface area contributed by atoms with Gasteiger partial charge in [-0.1, -0.05) is 0 Å². The number of nitrogens with zero attached hydrogens (tertiary/aromatic N) is 1. The third-order valence-electron chi connectivity index (χ3n) is 2.18. The van der Waals surface area contributed by atoms with Gasteiger partial charge in [-0.05, 0) is 6.92 Å². The summed E-state index contributed by atoms with van der Waals surface area (Å²) in [4.78, 5) is 34.3. The van der Waals surface area contributed by atoms with Gasteiger partial charge in [0.2, 0.25) is 0 Å². The second-order valence-electron chi connectivity index (χ2n) is 3.30. The van der Waals surface area contributed by atoms with Crippen molar-refractivity contribution in [3.8, 4) is 0 Å². The molecule has 6 nitrogen and oxygen atoms in total. The maximum atomic E-state index is 11.4. The lowest BCUT2D eigenvalue weighted by atomic mass is 10.0. The number of hydrogen-bond donors (Lipinski definition) is 1. The Kier molecular flexibility index (Phi) is 4.04. The number of carbonyl (C=O) groups is 3. The van der Waals surface area contributed by atoms with E-state index in [0.29, 0.717) is 0 Å². The van der Waals surface area contributed by atoms with Crippen molar-refractivity contribution in [2.75, 3.05) is 19.7 Å². The molecule has 0 aromatic heterocycles. The standard InChI is InChI=1S/C10H13NO5/c1-2-16-9(13)5-7-6-11(10(14)15)4-3-8(7)12/h5H,2-4,6H2,1H3,(H,14,15)/b7-5-. The van der Waals surface area contributed by atoms with Crippen LogP contribution in [0.4, 0.5) is 4.79 Å². The zero-order valence-electron chi connectivity index (χ0n) is 8.93. The number of amides is 1. The molecule has 1 rings (SSSR count). The zero-order valence-corrected chi connectivity index (χ0v) is 8.93. The van der Waals surface area contributed by atoms with E-state index in [2.05, 4.69) is 4.74 Å². The van der Waals surface area contributed by atoms with Crippen molar-refractivity contribution in [1.82, 2.24) is 4.90 Å². The van der Waals surface area contributed by atoms with E-state index < -0.39 is 12.1 Å². The molecule has 0 saturated carbocycles. The van der Waals surface area contributed by atoms with E-state index in [-0.39, 0.29) is 37.5 Å². The van der Waals surface area contributed by atoms with Gasteiger partial charge in [0.1, 0.15) is 0 Å². The van der Waals surface area contributed by atoms with Crippen molar-refractivity contribution >= 4 is 17.8 Å². The summed E-state index contributed by atoms with van der Waals surface area (Å²) in [5.41, 5.74) is 0.187. The summed E-state index contributed by atoms with van der Waals surface area (Å²) in [6.07, 6.45) is 0.0839. The Bertz CT molecular complexity index is 347. The van der Waals surface area contributed by atoms with Gasteiger partial charge >= 0.3 is 12.1 Å². The van der Waals surface area contributed by atoms with E-state index in [9.17, 15) is 14.4 Å². The van der Waals surface area contributed by atoms with Gasteiger partial charge in [-0.25, -0.2) is 9.59 Å². The molecule has 88 valence electrons. The van der Waals surface area contributed by atoms with E-state index >= 15 is 0 Å². The Morgan fingerprint density at radius 3 is 2.81 bits per heavy atom. The molecule has 0 aromatic carbocycles. The molecule has 1 amide bonds. The molecule has 1 aliphatic heterocycles. The maximum Gasteiger partial charge on any atom is 0.407 e. The molecule has 6 heteroatoms. The lowest BCUT2D eigenvalue weighted by molar-refractivity contribution is -0.137. The Morgan fingerprint density at radius 2 is 2.25 bits per heavy atom. The second kappa shape index (κ2) is 5.29. The number of Topliss-reactive ketones (excluding diaryl/α,β-unsaturated/α-hetero) is 1. The molecule has 1 aliphatic rings. The number of likely N-dealkylation sites (tertiary alicyclic amines) is 1. The summed E-state index contributed by atoms with van der Waals surface area (Å²) in [5, 5.41) is 8.75. The number of ether oxygens (including phenoxy) is 1. The van der Waals surface area contributed by atoms with Gasteiger partial charge in [-0.2, -0.15) is 0 Å². The highest BCUT2D eigenvalue weighted by Crippen LogP contribution is 2.12. The Hall–Kier alpha value is -1.85. The summed E-state index contributed by atoms with van der Waals surface area (Å²) in [6.45, 7) is 2.00. The van der Waals surface area contributed by atoms with Crippen molar-refractivity contribution in [1.29, 1.82) is 0 Å². The number of ketones is 1. The molecule has 0 radical (unpaired) electrons. The van der Waals surface area contributed by atoms with E-state index in [1.807, 2.05) is 0 Å². The van der Waals surface area contributed by atoms with Crippen molar-refractivity contribution in [3.05, 3.63) is 11.6 Å². The van der Waals surface area contributed by atoms with E-state index in [1.165, 1.54) is 0 Å². The van der Waals surface area contributed by atoms with Gasteiger partial charge < -0.3 is 14.7 Å². The van der Waals surface area contributed by atoms with Crippen LogP contribution in [0.1, 0.15) is 13.3 Å². The number of piperidine rings is 1. The second-order valence-corrected chi connectivity index (χ2v) is 3.30. The van der Waals surface area contributed by atoms with Gasteiger partial charge in [0.15, 0.2) is 5.78 Å². The topological polar surface area (TPSA) is 83.9 Å². The monoisotopic (exact) mass is 227 g/mol. The molecule has 0 aromatic rings. The molecule has 0 unspecified atom stereocenters. The summed E-state index contributed by atoms with van der Waals surface area (Å²) < 4.78 is 4.66. The highest BCUT2D eigenvalue weighted by atomic mass is 16.5. The molecule has 0 aliphatic carbocycles. The first-order valence-corrected chi connectivity index (χ1v) is 4.93. The summed E-state index contributed by atoms with van der Waals surface area (Å²) >= 11 is 0. The number of rotatable bonds is 2. The van der Waals surface area contributed by atoms with Crippen LogP contribution in [-0.4, -0.2) is 47.5 Å². The Morgan fingerprint density at radius 1 is 1.56 bits per heavy atom. The quantitative estimate of drug-likeness (QED) is 0.546. The van der Waals surface area contributed by atoms with E-state index in [0.717, 1.165) is 11.0 Å². The molecule has 1 saturated heterocycles. The third kappa shape index (κ3) is 3.08. The zero-order chi connectivity index (χ0) is 12.1. The van der Waals surface area contributed by atoms with Crippen LogP contribution < -0.4 is 0 Å². The number of carboxylic acid groups (broad SMARTS) is 1. The van der Waals surface area contributed by atoms with Gasteiger partial charge in [0, 0.05) is 24.6 Å². The maximum absolute atomic E-state index is 11.4. The van der Waals surface area contributed by atoms with E-state index in [1.54, 1.807) is 6.92 Å². The SMILES string of the molecule is CCOC(=O)/C=C1/CN(C(=O)O)CCC1=O. The van der Waals surface area contributed by atoms with Crippen LogP contribution in [0.15, 0.2) is 11.6 Å². The highest BCUT2D eigenvalue weighted by molar-refractivity contribution is 6.02. The summed E-state index contributed by atoms with van der Waals surface area (Å²) in [6, 6.07) is 0. The van der Waals surface area contributed by atoms with Crippen LogP contribution in [0, 0.1) is 0 Å². The lowest BCUT2D eigenvalue weighted by Crippen LogP contribution is -2.39. The number of hydrogen-bond acceptors (Lipinski definition) is 4. The molecule has 0 atom stereocenters. The van der Waals surface area contributed by atoms with Gasteiger partial charge in [0.25, 0.3) is 0 Å². The molecule has 0 spiro atoms. The highest BCUT2D eigenvalue weighted by Gasteiger charge is 2.25. The average Bonchev–Trinajstić information content (AvgIpc) is 2.21. The van der Waals surface area contributed by atoms with Crippen molar-refractivity contribution in [2.24, 2.45) is 0 Å². The lowest BCUT2D eigenvalue weighted by Gasteiger charge is -2.24. The minimum atomic E-state index is -1.10. The fourth-order valence-electron chi connectivity index (χ4n) is 1.39. The van der Waals surface area contributed by atoms with Crippen LogP contribution >= 0.6 is 0 Å². The normalized spacial score (nSPS) is 18.7. The molecular weight excluding hydrogens is 214 g/mol. The molecular formula is C10H13NO5. The summed E-state index contributed by atoms with van der Waals surface area (Å²) in [5.74, 6) is -0.816. The molecule has 1 N–H and O–H groups in total. The van der Waals surface area contributed by atoms with Crippen LogP contribution in [0.3, 0.4) is 0 Å². The van der Waals surface area contributed by atoms with Crippen molar-refractivity contribution < 1.29 is 24.2 Å². The first kappa shape index (κ1) is 12.2. The molecule has 1 fully saturated rings. The van der Waals surface area contributed by atoms with Crippen LogP contribution in [0.2, 0.25) is 0 Å². The van der Waals surface area contributed by atoms with Crippen LogP contribution in [0.5, 0.6) is 0 Å². The smallest absolute Gasteiger partial charge is 0.407 e. The fourth-order valence-corrected chi connectivity index (χ4v) is 1.39. The Labute approximate surface area is 92.5 Å². The molecule has 1 heterocycles. The summed E-state index contributed by atoms with van der Waals surface area (Å²) in [7, 11) is 0. The molecule has 16 heavy (non-hydrogen) atoms. The minimum Gasteiger partial charge on any atom is -0.465 e. The number of esters is 1. The van der Waals surface area contributed by atoms with Crippen molar-refractivity contribution in [2.45, 2.75) is 13.3 Å². The molecule has 0 bridgehead atoms. The van der Waals surface area contributed by atoms with E-state index in [4.69, 9.17) is 5.11 Å². The minimum absolute atomic E-state index is 0.0486. The first-order chi connectivity index (χ1) is 7.54. The average molecular weight is 227 g/mol. The predicted molar refractivity (Wildman–Crippen MR) is 53.9 cm³/mol. The third-order valence-corrected chi connectivity index (χ3v) is 2.18. The predicted octanol–water partition coefficient (Wildman–Crippen LogP) is 0.429.